The van der Waals surface area contributed by atoms with Gasteiger partial charge in [-0.1, -0.05) is 0 Å². The minimum atomic E-state index is -0.877. The number of rotatable bonds is 3. The molecule has 0 fully saturated rings. The number of carbonyl (C=O) groups excluding carboxylic acids is 2. The van der Waals surface area contributed by atoms with Crippen molar-refractivity contribution < 1.29 is 23.8 Å². The third kappa shape index (κ3) is 4.87. The van der Waals surface area contributed by atoms with E-state index in [2.05, 4.69) is 5.32 Å². The lowest BCUT2D eigenvalue weighted by atomic mass is 10.1. The Bertz CT molecular complexity index is 591. The fraction of sp³-hybridized carbons (Fsp3) is 0.529. The van der Waals surface area contributed by atoms with Crippen LogP contribution in [0.4, 0.5) is 0 Å². The highest BCUT2D eigenvalue weighted by Gasteiger charge is 2.23. The van der Waals surface area contributed by atoms with E-state index in [0.29, 0.717) is 30.3 Å². The average Bonchev–Trinajstić information content (AvgIpc) is 2.69. The van der Waals surface area contributed by atoms with E-state index in [0.717, 1.165) is 6.42 Å². The maximum absolute atomic E-state index is 12.2. The normalized spacial score (nSPS) is 15.3. The first kappa shape index (κ1) is 17.1. The van der Waals surface area contributed by atoms with E-state index in [1.165, 1.54) is 0 Å². The molecule has 0 spiro atoms. The molecule has 0 saturated heterocycles. The number of benzene rings is 1. The zero-order valence-corrected chi connectivity index (χ0v) is 14.0. The van der Waals surface area contributed by atoms with Gasteiger partial charge in [-0.3, -0.25) is 4.79 Å². The van der Waals surface area contributed by atoms with Crippen LogP contribution in [-0.2, 0) is 9.53 Å². The summed E-state index contributed by atoms with van der Waals surface area (Å²) in [6.45, 7) is 8.26. The molecule has 1 aliphatic heterocycles. The fourth-order valence-corrected chi connectivity index (χ4v) is 2.04. The van der Waals surface area contributed by atoms with Crippen molar-refractivity contribution in [2.75, 3.05) is 13.2 Å². The summed E-state index contributed by atoms with van der Waals surface area (Å²) in [5.74, 6) is 0.221. The summed E-state index contributed by atoms with van der Waals surface area (Å²) in [5, 5.41) is 2.77. The first-order valence-corrected chi connectivity index (χ1v) is 7.69. The molecule has 2 rings (SSSR count). The predicted octanol–water partition coefficient (Wildman–Crippen LogP) is 2.31. The number of nitrogens with one attached hydrogen (secondary N) is 1. The Kier molecular flexibility index (Phi) is 5.13. The van der Waals surface area contributed by atoms with Gasteiger partial charge in [0.05, 0.1) is 18.8 Å². The molecule has 1 aromatic carbocycles. The Hall–Kier alpha value is -2.24. The summed E-state index contributed by atoms with van der Waals surface area (Å²) in [7, 11) is 0. The van der Waals surface area contributed by atoms with E-state index in [1.807, 2.05) is 20.8 Å². The largest absolute Gasteiger partial charge is 0.490 e. The maximum atomic E-state index is 12.2. The van der Waals surface area contributed by atoms with Crippen LogP contribution in [0.2, 0.25) is 0 Å². The third-order valence-corrected chi connectivity index (χ3v) is 3.13. The first-order valence-electron chi connectivity index (χ1n) is 7.69. The minimum absolute atomic E-state index is 0.324. The van der Waals surface area contributed by atoms with Crippen molar-refractivity contribution in [2.45, 2.75) is 45.8 Å². The second kappa shape index (κ2) is 6.89. The minimum Gasteiger partial charge on any atom is -0.490 e. The lowest BCUT2D eigenvalue weighted by Gasteiger charge is -2.23. The molecule has 0 unspecified atom stereocenters. The van der Waals surface area contributed by atoms with Crippen LogP contribution in [0.25, 0.3) is 0 Å². The molecule has 0 aliphatic carbocycles. The third-order valence-electron chi connectivity index (χ3n) is 3.13. The van der Waals surface area contributed by atoms with Crippen LogP contribution in [0.3, 0.4) is 0 Å². The molecule has 1 N–H and O–H groups in total. The Morgan fingerprint density at radius 2 is 1.83 bits per heavy atom. The van der Waals surface area contributed by atoms with Gasteiger partial charge in [0.15, 0.2) is 17.6 Å². The highest BCUT2D eigenvalue weighted by molar-refractivity contribution is 5.93. The van der Waals surface area contributed by atoms with E-state index in [9.17, 15) is 9.59 Å². The summed E-state index contributed by atoms with van der Waals surface area (Å²) in [6, 6.07) is 4.86. The van der Waals surface area contributed by atoms with Crippen LogP contribution >= 0.6 is 0 Å². The molecule has 1 heterocycles. The summed E-state index contributed by atoms with van der Waals surface area (Å²) in [6.07, 6.45) is -0.0870. The standard InChI is InChI=1S/C17H23NO5/c1-11(15(19)18-17(2,3)4)23-16(20)12-6-7-13-14(10-12)22-9-5-8-21-13/h6-7,10-11H,5,8-9H2,1-4H3,(H,18,19)/t11-/m1/s1. The highest BCUT2D eigenvalue weighted by atomic mass is 16.5. The number of carbonyl (C=O) groups is 2. The first-order chi connectivity index (χ1) is 10.8. The van der Waals surface area contributed by atoms with Gasteiger partial charge in [-0.15, -0.1) is 0 Å². The lowest BCUT2D eigenvalue weighted by molar-refractivity contribution is -0.130. The Labute approximate surface area is 136 Å². The van der Waals surface area contributed by atoms with Crippen molar-refractivity contribution in [3.8, 4) is 11.5 Å². The summed E-state index contributed by atoms with van der Waals surface area (Å²) in [5.41, 5.74) is -0.0582. The number of ether oxygens (including phenoxy) is 3. The van der Waals surface area contributed by atoms with Gasteiger partial charge in [-0.25, -0.2) is 4.79 Å². The van der Waals surface area contributed by atoms with Crippen LogP contribution in [-0.4, -0.2) is 36.7 Å². The van der Waals surface area contributed by atoms with Crippen molar-refractivity contribution in [3.05, 3.63) is 23.8 Å². The zero-order chi connectivity index (χ0) is 17.0. The number of hydrogen-bond donors (Lipinski definition) is 1. The molecule has 0 radical (unpaired) electrons. The smallest absolute Gasteiger partial charge is 0.339 e. The van der Waals surface area contributed by atoms with Crippen molar-refractivity contribution in [3.63, 3.8) is 0 Å². The van der Waals surface area contributed by atoms with Gasteiger partial charge < -0.3 is 19.5 Å². The van der Waals surface area contributed by atoms with Crippen LogP contribution in [0.5, 0.6) is 11.5 Å². The molecule has 0 saturated carbocycles. The molecule has 1 amide bonds. The monoisotopic (exact) mass is 321 g/mol. The van der Waals surface area contributed by atoms with Gasteiger partial charge in [0.25, 0.3) is 5.91 Å². The van der Waals surface area contributed by atoms with Gasteiger partial charge in [0.2, 0.25) is 0 Å². The molecule has 1 aromatic rings. The van der Waals surface area contributed by atoms with Crippen LogP contribution in [0, 0.1) is 0 Å². The summed E-state index contributed by atoms with van der Waals surface area (Å²) >= 11 is 0. The van der Waals surface area contributed by atoms with Gasteiger partial charge in [-0.05, 0) is 45.9 Å². The molecule has 6 heteroatoms. The number of hydrogen-bond acceptors (Lipinski definition) is 5. The molecule has 23 heavy (non-hydrogen) atoms. The Morgan fingerprint density at radius 1 is 1.17 bits per heavy atom. The van der Waals surface area contributed by atoms with Gasteiger partial charge in [0.1, 0.15) is 0 Å². The van der Waals surface area contributed by atoms with Crippen molar-refractivity contribution in [1.29, 1.82) is 0 Å². The van der Waals surface area contributed by atoms with E-state index < -0.39 is 12.1 Å². The SMILES string of the molecule is C[C@@H](OC(=O)c1ccc2c(c1)OCCCO2)C(=O)NC(C)(C)C. The fourth-order valence-electron chi connectivity index (χ4n) is 2.04. The lowest BCUT2D eigenvalue weighted by Crippen LogP contribution is -2.46. The Balaban J connectivity index is 2.03. The van der Waals surface area contributed by atoms with Gasteiger partial charge in [-0.2, -0.15) is 0 Å². The molecule has 0 aromatic heterocycles. The molecule has 1 atom stereocenters. The number of esters is 1. The molecular weight excluding hydrogens is 298 g/mol. The van der Waals surface area contributed by atoms with Crippen LogP contribution in [0.15, 0.2) is 18.2 Å². The number of fused-ring (bicyclic) bond motifs is 1. The van der Waals surface area contributed by atoms with E-state index >= 15 is 0 Å². The molecular formula is C17H23NO5. The topological polar surface area (TPSA) is 73.9 Å². The van der Waals surface area contributed by atoms with Gasteiger partial charge >= 0.3 is 5.97 Å². The van der Waals surface area contributed by atoms with E-state index in [1.54, 1.807) is 25.1 Å². The maximum Gasteiger partial charge on any atom is 0.339 e. The second-order valence-electron chi connectivity index (χ2n) is 6.50. The number of amides is 1. The zero-order valence-electron chi connectivity index (χ0n) is 14.0. The van der Waals surface area contributed by atoms with Gasteiger partial charge in [0, 0.05) is 12.0 Å². The van der Waals surface area contributed by atoms with Crippen molar-refractivity contribution >= 4 is 11.9 Å². The predicted molar refractivity (Wildman–Crippen MR) is 84.8 cm³/mol. The average molecular weight is 321 g/mol. The van der Waals surface area contributed by atoms with Crippen molar-refractivity contribution in [1.82, 2.24) is 5.32 Å². The quantitative estimate of drug-likeness (QED) is 0.865. The van der Waals surface area contributed by atoms with Crippen LogP contribution < -0.4 is 14.8 Å². The van der Waals surface area contributed by atoms with Crippen LogP contribution in [0.1, 0.15) is 44.5 Å². The molecule has 1 aliphatic rings. The molecule has 6 nitrogen and oxygen atoms in total. The summed E-state index contributed by atoms with van der Waals surface area (Å²) in [4.78, 5) is 24.2. The molecule has 0 bridgehead atoms. The van der Waals surface area contributed by atoms with Crippen molar-refractivity contribution in [2.24, 2.45) is 0 Å². The molecule has 126 valence electrons. The van der Waals surface area contributed by atoms with E-state index in [4.69, 9.17) is 14.2 Å². The van der Waals surface area contributed by atoms with E-state index in [-0.39, 0.29) is 11.4 Å². The summed E-state index contributed by atoms with van der Waals surface area (Å²) < 4.78 is 16.3. The highest BCUT2D eigenvalue weighted by Crippen LogP contribution is 2.30. The Morgan fingerprint density at radius 3 is 2.48 bits per heavy atom. The second-order valence-corrected chi connectivity index (χ2v) is 6.50.